The molecular weight excluding hydrogens is 369 g/mol. The van der Waals surface area contributed by atoms with E-state index in [2.05, 4.69) is 9.88 Å². The van der Waals surface area contributed by atoms with E-state index in [4.69, 9.17) is 4.74 Å². The standard InChI is InChI=1S/C23H30FN3O2/c1-3-27(23(28)21-10-5-12-25-22(21)29-2)17-19-8-6-13-26(16-19)14-11-18-7-4-9-20(24)15-18/h4-5,7,9-10,12,15,19H,3,6,8,11,13-14,16-17H2,1-2H3/t19-/m0/s1. The number of pyridine rings is 1. The monoisotopic (exact) mass is 399 g/mol. The lowest BCUT2D eigenvalue weighted by molar-refractivity contribution is 0.0686. The topological polar surface area (TPSA) is 45.7 Å². The number of carbonyl (C=O) groups is 1. The largest absolute Gasteiger partial charge is 0.480 e. The first-order chi connectivity index (χ1) is 14.1. The van der Waals surface area contributed by atoms with Gasteiger partial charge in [0, 0.05) is 32.4 Å². The predicted molar refractivity (Wildman–Crippen MR) is 112 cm³/mol. The highest BCUT2D eigenvalue weighted by molar-refractivity contribution is 5.96. The fraction of sp³-hybridized carbons (Fsp3) is 0.478. The van der Waals surface area contributed by atoms with Crippen LogP contribution >= 0.6 is 0 Å². The van der Waals surface area contributed by atoms with Gasteiger partial charge in [-0.15, -0.1) is 0 Å². The predicted octanol–water partition coefficient (Wildman–Crippen LogP) is 3.65. The molecule has 0 radical (unpaired) electrons. The van der Waals surface area contributed by atoms with E-state index in [0.29, 0.717) is 23.9 Å². The van der Waals surface area contributed by atoms with Gasteiger partial charge in [0.2, 0.25) is 5.88 Å². The minimum Gasteiger partial charge on any atom is -0.480 e. The Kier molecular flexibility index (Phi) is 7.58. The van der Waals surface area contributed by atoms with Crippen molar-refractivity contribution in [3.8, 4) is 5.88 Å². The number of methoxy groups -OCH3 is 1. The van der Waals surface area contributed by atoms with Gasteiger partial charge in [-0.1, -0.05) is 12.1 Å². The first-order valence-electron chi connectivity index (χ1n) is 10.4. The zero-order valence-corrected chi connectivity index (χ0v) is 17.3. The van der Waals surface area contributed by atoms with E-state index in [1.165, 1.54) is 13.2 Å². The normalized spacial score (nSPS) is 17.1. The van der Waals surface area contributed by atoms with Crippen LogP contribution < -0.4 is 4.74 Å². The van der Waals surface area contributed by atoms with Gasteiger partial charge in [-0.3, -0.25) is 4.79 Å². The van der Waals surface area contributed by atoms with Crippen molar-refractivity contribution in [2.45, 2.75) is 26.2 Å². The fourth-order valence-electron chi connectivity index (χ4n) is 4.04. The second kappa shape index (κ2) is 10.3. The van der Waals surface area contributed by atoms with Gasteiger partial charge in [-0.25, -0.2) is 9.37 Å². The number of rotatable bonds is 8. The van der Waals surface area contributed by atoms with E-state index in [1.54, 1.807) is 30.5 Å². The molecule has 0 saturated carbocycles. The summed E-state index contributed by atoms with van der Waals surface area (Å²) in [5.74, 6) is 0.593. The Bertz CT molecular complexity index is 814. The molecule has 6 heteroatoms. The lowest BCUT2D eigenvalue weighted by Gasteiger charge is -2.35. The zero-order valence-electron chi connectivity index (χ0n) is 17.3. The van der Waals surface area contributed by atoms with E-state index >= 15 is 0 Å². The highest BCUT2D eigenvalue weighted by atomic mass is 19.1. The summed E-state index contributed by atoms with van der Waals surface area (Å²) in [6.45, 7) is 6.31. The third-order valence-electron chi connectivity index (χ3n) is 5.55. The van der Waals surface area contributed by atoms with E-state index < -0.39 is 0 Å². The Hall–Kier alpha value is -2.47. The smallest absolute Gasteiger partial charge is 0.259 e. The maximum absolute atomic E-state index is 13.4. The van der Waals surface area contributed by atoms with E-state index in [0.717, 1.165) is 51.0 Å². The van der Waals surface area contributed by atoms with Crippen molar-refractivity contribution in [3.05, 3.63) is 59.5 Å². The molecule has 0 unspecified atom stereocenters. The van der Waals surface area contributed by atoms with Crippen LogP contribution in [0.3, 0.4) is 0 Å². The average molecular weight is 400 g/mol. The van der Waals surface area contributed by atoms with Crippen LogP contribution in [-0.2, 0) is 6.42 Å². The summed E-state index contributed by atoms with van der Waals surface area (Å²) in [6, 6.07) is 10.4. The number of carbonyl (C=O) groups excluding carboxylic acids is 1. The molecule has 0 bridgehead atoms. The molecular formula is C23H30FN3O2. The molecule has 0 N–H and O–H groups in total. The molecule has 0 spiro atoms. The van der Waals surface area contributed by atoms with Gasteiger partial charge in [0.05, 0.1) is 7.11 Å². The summed E-state index contributed by atoms with van der Waals surface area (Å²) in [5, 5.41) is 0. The van der Waals surface area contributed by atoms with Crippen molar-refractivity contribution in [3.63, 3.8) is 0 Å². The van der Waals surface area contributed by atoms with Crippen LogP contribution in [0.15, 0.2) is 42.6 Å². The Morgan fingerprint density at radius 2 is 2.21 bits per heavy atom. The zero-order chi connectivity index (χ0) is 20.6. The molecule has 2 heterocycles. The second-order valence-corrected chi connectivity index (χ2v) is 7.59. The summed E-state index contributed by atoms with van der Waals surface area (Å²) in [4.78, 5) is 21.5. The molecule has 1 atom stereocenters. The number of ether oxygens (including phenoxy) is 1. The number of nitrogens with zero attached hydrogens (tertiary/aromatic N) is 3. The van der Waals surface area contributed by atoms with E-state index in [-0.39, 0.29) is 11.7 Å². The molecule has 1 amide bonds. The van der Waals surface area contributed by atoms with Crippen molar-refractivity contribution >= 4 is 5.91 Å². The number of hydrogen-bond acceptors (Lipinski definition) is 4. The second-order valence-electron chi connectivity index (χ2n) is 7.59. The minimum atomic E-state index is -0.179. The molecule has 1 aliphatic heterocycles. The van der Waals surface area contributed by atoms with Crippen molar-refractivity contribution in [2.24, 2.45) is 5.92 Å². The van der Waals surface area contributed by atoms with Gasteiger partial charge >= 0.3 is 0 Å². The number of piperidine rings is 1. The molecule has 5 nitrogen and oxygen atoms in total. The lowest BCUT2D eigenvalue weighted by Crippen LogP contribution is -2.43. The quantitative estimate of drug-likeness (QED) is 0.680. The Labute approximate surface area is 172 Å². The molecule has 1 saturated heterocycles. The minimum absolute atomic E-state index is 0.0330. The summed E-state index contributed by atoms with van der Waals surface area (Å²) in [6.07, 6.45) is 4.71. The molecule has 2 aromatic rings. The molecule has 156 valence electrons. The third kappa shape index (κ3) is 5.76. The van der Waals surface area contributed by atoms with Gasteiger partial charge in [0.15, 0.2) is 0 Å². The van der Waals surface area contributed by atoms with Crippen LogP contribution in [0, 0.1) is 11.7 Å². The maximum atomic E-state index is 13.4. The summed E-state index contributed by atoms with van der Waals surface area (Å²) >= 11 is 0. The van der Waals surface area contributed by atoms with Gasteiger partial charge in [-0.05, 0) is 68.5 Å². The lowest BCUT2D eigenvalue weighted by atomic mass is 9.96. The third-order valence-corrected chi connectivity index (χ3v) is 5.55. The number of benzene rings is 1. The summed E-state index contributed by atoms with van der Waals surface area (Å²) < 4.78 is 18.6. The molecule has 1 aromatic heterocycles. The van der Waals surface area contributed by atoms with Gasteiger partial charge < -0.3 is 14.5 Å². The molecule has 1 aromatic carbocycles. The van der Waals surface area contributed by atoms with Crippen LogP contribution in [0.25, 0.3) is 0 Å². The Balaban J connectivity index is 1.57. The number of halogens is 1. The van der Waals surface area contributed by atoms with Crippen molar-refractivity contribution in [2.75, 3.05) is 39.8 Å². The summed E-state index contributed by atoms with van der Waals surface area (Å²) in [7, 11) is 1.53. The van der Waals surface area contributed by atoms with E-state index in [9.17, 15) is 9.18 Å². The van der Waals surface area contributed by atoms with Crippen molar-refractivity contribution in [1.82, 2.24) is 14.8 Å². The van der Waals surface area contributed by atoms with Crippen LogP contribution in [0.5, 0.6) is 5.88 Å². The van der Waals surface area contributed by atoms with Crippen molar-refractivity contribution in [1.29, 1.82) is 0 Å². The van der Waals surface area contributed by atoms with Crippen LogP contribution in [0.2, 0.25) is 0 Å². The number of aromatic nitrogens is 1. The summed E-state index contributed by atoms with van der Waals surface area (Å²) in [5.41, 5.74) is 1.54. The number of likely N-dealkylation sites (tertiary alicyclic amines) is 1. The van der Waals surface area contributed by atoms with Gasteiger partial charge in [0.25, 0.3) is 5.91 Å². The molecule has 0 aliphatic carbocycles. The highest BCUT2D eigenvalue weighted by Gasteiger charge is 2.25. The molecule has 3 rings (SSSR count). The average Bonchev–Trinajstić information content (AvgIpc) is 2.76. The fourth-order valence-corrected chi connectivity index (χ4v) is 4.04. The maximum Gasteiger partial charge on any atom is 0.259 e. The Morgan fingerprint density at radius 1 is 1.34 bits per heavy atom. The van der Waals surface area contributed by atoms with Crippen LogP contribution in [0.4, 0.5) is 4.39 Å². The van der Waals surface area contributed by atoms with Gasteiger partial charge in [0.1, 0.15) is 11.4 Å². The Morgan fingerprint density at radius 3 is 2.97 bits per heavy atom. The molecule has 1 aliphatic rings. The first-order valence-corrected chi connectivity index (χ1v) is 10.4. The van der Waals surface area contributed by atoms with E-state index in [1.807, 2.05) is 17.9 Å². The molecule has 29 heavy (non-hydrogen) atoms. The van der Waals surface area contributed by atoms with Crippen LogP contribution in [-0.4, -0.2) is 60.5 Å². The SMILES string of the molecule is CCN(C[C@H]1CCCN(CCc2cccc(F)c2)C1)C(=O)c1cccnc1OC. The highest BCUT2D eigenvalue weighted by Crippen LogP contribution is 2.21. The van der Waals surface area contributed by atoms with Crippen molar-refractivity contribution < 1.29 is 13.9 Å². The first kappa shape index (κ1) is 21.2. The van der Waals surface area contributed by atoms with Crippen LogP contribution in [0.1, 0.15) is 35.7 Å². The van der Waals surface area contributed by atoms with Gasteiger partial charge in [-0.2, -0.15) is 0 Å². The molecule has 1 fully saturated rings. The number of amides is 1. The number of hydrogen-bond donors (Lipinski definition) is 0.